The molecule has 1 aromatic carbocycles. The Kier molecular flexibility index (Phi) is 4.95. The summed E-state index contributed by atoms with van der Waals surface area (Å²) in [6.07, 6.45) is -0.681. The summed E-state index contributed by atoms with van der Waals surface area (Å²) in [7, 11) is 1.71. The second kappa shape index (κ2) is 6.91. The SMILES string of the molecule is CN1CC(CNC(=O)OCc2ccccc2)OCC1=O. The third-order valence-corrected chi connectivity index (χ3v) is 3.03. The molecule has 1 atom stereocenters. The van der Waals surface area contributed by atoms with E-state index in [0.29, 0.717) is 13.1 Å². The van der Waals surface area contributed by atoms with Crippen molar-refractivity contribution in [2.75, 3.05) is 26.7 Å². The van der Waals surface area contributed by atoms with E-state index in [2.05, 4.69) is 5.32 Å². The number of amides is 2. The van der Waals surface area contributed by atoms with Crippen LogP contribution in [-0.2, 0) is 20.9 Å². The van der Waals surface area contributed by atoms with Gasteiger partial charge in [0.2, 0.25) is 5.91 Å². The number of morpholine rings is 1. The van der Waals surface area contributed by atoms with Crippen LogP contribution in [-0.4, -0.2) is 49.7 Å². The smallest absolute Gasteiger partial charge is 0.407 e. The molecule has 1 unspecified atom stereocenters. The van der Waals surface area contributed by atoms with E-state index in [1.165, 1.54) is 0 Å². The standard InChI is InChI=1S/C14H18N2O4/c1-16-8-12(19-10-13(16)17)7-15-14(18)20-9-11-5-3-2-4-6-11/h2-6,12H,7-10H2,1H3,(H,15,18). The number of likely N-dealkylation sites (N-methyl/N-ethyl adjacent to an activating group) is 1. The Bertz CT molecular complexity index is 464. The van der Waals surface area contributed by atoms with Crippen LogP contribution in [0.25, 0.3) is 0 Å². The van der Waals surface area contributed by atoms with Gasteiger partial charge < -0.3 is 19.7 Å². The molecule has 0 aromatic heterocycles. The summed E-state index contributed by atoms with van der Waals surface area (Å²) >= 11 is 0. The fraction of sp³-hybridized carbons (Fsp3) is 0.429. The van der Waals surface area contributed by atoms with Gasteiger partial charge >= 0.3 is 6.09 Å². The average Bonchev–Trinajstić information content (AvgIpc) is 2.47. The largest absolute Gasteiger partial charge is 0.445 e. The molecule has 20 heavy (non-hydrogen) atoms. The summed E-state index contributed by atoms with van der Waals surface area (Å²) < 4.78 is 10.4. The minimum Gasteiger partial charge on any atom is -0.445 e. The predicted molar refractivity (Wildman–Crippen MR) is 72.0 cm³/mol. The van der Waals surface area contributed by atoms with Gasteiger partial charge in [0.15, 0.2) is 0 Å². The number of ether oxygens (including phenoxy) is 2. The molecule has 0 aliphatic carbocycles. The van der Waals surface area contributed by atoms with Gasteiger partial charge in [-0.2, -0.15) is 0 Å². The summed E-state index contributed by atoms with van der Waals surface area (Å²) in [5, 5.41) is 2.63. The molecular weight excluding hydrogens is 260 g/mol. The Morgan fingerprint density at radius 1 is 1.45 bits per heavy atom. The monoisotopic (exact) mass is 278 g/mol. The van der Waals surface area contributed by atoms with Crippen molar-refractivity contribution >= 4 is 12.0 Å². The van der Waals surface area contributed by atoms with Crippen LogP contribution < -0.4 is 5.32 Å². The summed E-state index contributed by atoms with van der Waals surface area (Å²) in [6.45, 7) is 1.08. The van der Waals surface area contributed by atoms with Crippen molar-refractivity contribution in [1.29, 1.82) is 0 Å². The van der Waals surface area contributed by atoms with E-state index in [1.54, 1.807) is 11.9 Å². The second-order valence-corrected chi connectivity index (χ2v) is 4.65. The number of alkyl carbamates (subject to hydrolysis) is 1. The quantitative estimate of drug-likeness (QED) is 0.883. The fourth-order valence-electron chi connectivity index (χ4n) is 1.85. The van der Waals surface area contributed by atoms with Gasteiger partial charge in [-0.15, -0.1) is 0 Å². The molecule has 1 aromatic rings. The van der Waals surface area contributed by atoms with E-state index in [1.807, 2.05) is 30.3 Å². The highest BCUT2D eigenvalue weighted by Gasteiger charge is 2.23. The van der Waals surface area contributed by atoms with Crippen LogP contribution in [0.3, 0.4) is 0 Å². The van der Waals surface area contributed by atoms with Crippen molar-refractivity contribution in [2.45, 2.75) is 12.7 Å². The molecule has 1 fully saturated rings. The lowest BCUT2D eigenvalue weighted by atomic mass is 10.2. The summed E-state index contributed by atoms with van der Waals surface area (Å²) in [5.74, 6) is -0.0482. The number of carbonyl (C=O) groups is 2. The van der Waals surface area contributed by atoms with Crippen LogP contribution in [0.1, 0.15) is 5.56 Å². The number of hydrogen-bond donors (Lipinski definition) is 1. The number of rotatable bonds is 4. The van der Waals surface area contributed by atoms with Crippen molar-refractivity contribution in [3.63, 3.8) is 0 Å². The van der Waals surface area contributed by atoms with E-state index in [-0.39, 0.29) is 25.2 Å². The van der Waals surface area contributed by atoms with Crippen molar-refractivity contribution in [3.8, 4) is 0 Å². The molecule has 6 heteroatoms. The molecule has 1 heterocycles. The first kappa shape index (κ1) is 14.3. The van der Waals surface area contributed by atoms with Gasteiger partial charge in [-0.05, 0) is 5.56 Å². The molecule has 108 valence electrons. The Hall–Kier alpha value is -2.08. The van der Waals surface area contributed by atoms with Gasteiger partial charge in [0.05, 0.1) is 6.10 Å². The van der Waals surface area contributed by atoms with Crippen LogP contribution in [0.5, 0.6) is 0 Å². The van der Waals surface area contributed by atoms with Crippen LogP contribution >= 0.6 is 0 Å². The van der Waals surface area contributed by atoms with Crippen molar-refractivity contribution in [3.05, 3.63) is 35.9 Å². The van der Waals surface area contributed by atoms with Crippen LogP contribution in [0.4, 0.5) is 4.79 Å². The van der Waals surface area contributed by atoms with Gasteiger partial charge in [0, 0.05) is 20.1 Å². The molecule has 2 amide bonds. The minimum atomic E-state index is -0.489. The molecule has 6 nitrogen and oxygen atoms in total. The predicted octanol–water partition coefficient (Wildman–Crippen LogP) is 0.770. The Morgan fingerprint density at radius 2 is 2.20 bits per heavy atom. The highest BCUT2D eigenvalue weighted by atomic mass is 16.5. The van der Waals surface area contributed by atoms with Gasteiger partial charge in [0.25, 0.3) is 0 Å². The van der Waals surface area contributed by atoms with Gasteiger partial charge in [-0.1, -0.05) is 30.3 Å². The number of benzene rings is 1. The third-order valence-electron chi connectivity index (χ3n) is 3.03. The lowest BCUT2D eigenvalue weighted by Crippen LogP contribution is -2.48. The number of hydrogen-bond acceptors (Lipinski definition) is 4. The number of nitrogens with zero attached hydrogens (tertiary/aromatic N) is 1. The molecule has 0 bridgehead atoms. The normalized spacial score (nSPS) is 18.8. The van der Waals surface area contributed by atoms with E-state index in [0.717, 1.165) is 5.56 Å². The first-order valence-corrected chi connectivity index (χ1v) is 6.45. The molecular formula is C14H18N2O4. The summed E-state index contributed by atoms with van der Waals surface area (Å²) in [6, 6.07) is 9.45. The maximum atomic E-state index is 11.5. The molecule has 1 N–H and O–H groups in total. The van der Waals surface area contributed by atoms with Gasteiger partial charge in [0.1, 0.15) is 13.2 Å². The highest BCUT2D eigenvalue weighted by molar-refractivity contribution is 5.77. The zero-order chi connectivity index (χ0) is 14.4. The second-order valence-electron chi connectivity index (χ2n) is 4.65. The van der Waals surface area contributed by atoms with Crippen LogP contribution in [0.15, 0.2) is 30.3 Å². The molecule has 1 aliphatic rings. The van der Waals surface area contributed by atoms with Gasteiger partial charge in [-0.3, -0.25) is 4.79 Å². The maximum absolute atomic E-state index is 11.5. The fourth-order valence-corrected chi connectivity index (χ4v) is 1.85. The topological polar surface area (TPSA) is 67.9 Å². The zero-order valence-corrected chi connectivity index (χ0v) is 11.4. The Labute approximate surface area is 117 Å². The average molecular weight is 278 g/mol. The molecule has 2 rings (SSSR count). The first-order chi connectivity index (χ1) is 9.65. The molecule has 0 radical (unpaired) electrons. The van der Waals surface area contributed by atoms with Crippen molar-refractivity contribution < 1.29 is 19.1 Å². The zero-order valence-electron chi connectivity index (χ0n) is 11.4. The third kappa shape index (κ3) is 4.24. The van der Waals surface area contributed by atoms with Crippen LogP contribution in [0, 0.1) is 0 Å². The van der Waals surface area contributed by atoms with Crippen LogP contribution in [0.2, 0.25) is 0 Å². The van der Waals surface area contributed by atoms with E-state index < -0.39 is 6.09 Å². The van der Waals surface area contributed by atoms with Gasteiger partial charge in [-0.25, -0.2) is 4.79 Å². The number of carbonyl (C=O) groups excluding carboxylic acids is 2. The van der Waals surface area contributed by atoms with E-state index in [4.69, 9.17) is 9.47 Å². The Morgan fingerprint density at radius 3 is 2.90 bits per heavy atom. The molecule has 0 spiro atoms. The lowest BCUT2D eigenvalue weighted by molar-refractivity contribution is -0.146. The minimum absolute atomic E-state index is 0.0482. The molecule has 0 saturated carbocycles. The number of nitrogens with one attached hydrogen (secondary N) is 1. The maximum Gasteiger partial charge on any atom is 0.407 e. The van der Waals surface area contributed by atoms with E-state index in [9.17, 15) is 9.59 Å². The summed E-state index contributed by atoms with van der Waals surface area (Å²) in [5.41, 5.74) is 0.932. The summed E-state index contributed by atoms with van der Waals surface area (Å²) in [4.78, 5) is 24.3. The van der Waals surface area contributed by atoms with Crippen molar-refractivity contribution in [2.24, 2.45) is 0 Å². The lowest BCUT2D eigenvalue weighted by Gasteiger charge is -2.29. The van der Waals surface area contributed by atoms with E-state index >= 15 is 0 Å². The molecule has 1 aliphatic heterocycles. The Balaban J connectivity index is 1.66. The highest BCUT2D eigenvalue weighted by Crippen LogP contribution is 2.04. The first-order valence-electron chi connectivity index (χ1n) is 6.45. The molecule has 1 saturated heterocycles. The van der Waals surface area contributed by atoms with Crippen molar-refractivity contribution in [1.82, 2.24) is 10.2 Å².